The van der Waals surface area contributed by atoms with Crippen molar-refractivity contribution >= 4 is 0 Å². The van der Waals surface area contributed by atoms with Crippen molar-refractivity contribution in [1.82, 2.24) is 4.90 Å². The van der Waals surface area contributed by atoms with Crippen molar-refractivity contribution in [2.24, 2.45) is 5.92 Å². The topological polar surface area (TPSA) is 27.0 Å². The Labute approximate surface area is 106 Å². The molecule has 0 aliphatic heterocycles. The molecule has 2 atom stereocenters. The Kier molecular flexibility index (Phi) is 4.86. The van der Waals surface area contributed by atoms with E-state index in [1.807, 2.05) is 0 Å². The van der Waals surface area contributed by atoms with Crippen LogP contribution in [0.2, 0.25) is 0 Å². The van der Waals surface area contributed by atoms with Crippen LogP contribution in [0, 0.1) is 17.2 Å². The van der Waals surface area contributed by atoms with Gasteiger partial charge in [0.2, 0.25) is 0 Å². The molecule has 0 bridgehead atoms. The van der Waals surface area contributed by atoms with Gasteiger partial charge in [0.15, 0.2) is 0 Å². The van der Waals surface area contributed by atoms with Crippen LogP contribution in [0.4, 0.5) is 0 Å². The molecule has 0 heterocycles. The Balaban J connectivity index is 1.96. The van der Waals surface area contributed by atoms with Crippen LogP contribution < -0.4 is 0 Å². The molecule has 0 aromatic carbocycles. The molecular formula is C15H26N2. The zero-order chi connectivity index (χ0) is 12.1. The molecule has 2 fully saturated rings. The molecule has 0 amide bonds. The monoisotopic (exact) mass is 234 g/mol. The molecule has 2 heteroatoms. The van der Waals surface area contributed by atoms with Gasteiger partial charge < -0.3 is 0 Å². The number of hydrogen-bond acceptors (Lipinski definition) is 2. The maximum atomic E-state index is 9.29. The predicted molar refractivity (Wildman–Crippen MR) is 70.6 cm³/mol. The van der Waals surface area contributed by atoms with Crippen molar-refractivity contribution in [3.8, 4) is 6.07 Å². The fourth-order valence-corrected chi connectivity index (χ4v) is 3.69. The average molecular weight is 234 g/mol. The molecule has 2 rings (SSSR count). The minimum absolute atomic E-state index is 0.289. The van der Waals surface area contributed by atoms with Gasteiger partial charge in [0.1, 0.15) is 0 Å². The van der Waals surface area contributed by atoms with E-state index in [9.17, 15) is 5.26 Å². The van der Waals surface area contributed by atoms with Crippen LogP contribution in [-0.4, -0.2) is 24.0 Å². The summed E-state index contributed by atoms with van der Waals surface area (Å²) >= 11 is 0. The van der Waals surface area contributed by atoms with E-state index in [-0.39, 0.29) is 5.92 Å². The molecule has 2 saturated carbocycles. The van der Waals surface area contributed by atoms with Gasteiger partial charge in [-0.05, 0) is 32.7 Å². The van der Waals surface area contributed by atoms with Gasteiger partial charge in [-0.2, -0.15) is 5.26 Å². The fraction of sp³-hybridized carbons (Fsp3) is 0.933. The van der Waals surface area contributed by atoms with Crippen LogP contribution in [0.1, 0.15) is 64.2 Å². The summed E-state index contributed by atoms with van der Waals surface area (Å²) < 4.78 is 0. The standard InChI is InChI=1S/C15H26N2/c1-17(14-9-4-2-3-5-10-14)15-11-7-6-8-13(15)12-16/h13-15H,2-11H2,1H3. The van der Waals surface area contributed by atoms with E-state index >= 15 is 0 Å². The third-order valence-corrected chi connectivity index (χ3v) is 4.82. The van der Waals surface area contributed by atoms with Gasteiger partial charge in [-0.3, -0.25) is 4.90 Å². The van der Waals surface area contributed by atoms with Crippen molar-refractivity contribution in [1.29, 1.82) is 5.26 Å². The number of nitrogens with zero attached hydrogens (tertiary/aromatic N) is 2. The van der Waals surface area contributed by atoms with E-state index < -0.39 is 0 Å². The third-order valence-electron chi connectivity index (χ3n) is 4.82. The lowest BCUT2D eigenvalue weighted by Crippen LogP contribution is -2.45. The third kappa shape index (κ3) is 3.22. The number of nitriles is 1. The molecule has 2 unspecified atom stereocenters. The Bertz CT molecular complexity index is 261. The van der Waals surface area contributed by atoms with Crippen LogP contribution >= 0.6 is 0 Å². The zero-order valence-electron chi connectivity index (χ0n) is 11.2. The maximum absolute atomic E-state index is 9.29. The summed E-state index contributed by atoms with van der Waals surface area (Å²) in [5.41, 5.74) is 0. The van der Waals surface area contributed by atoms with Gasteiger partial charge >= 0.3 is 0 Å². The van der Waals surface area contributed by atoms with E-state index in [0.29, 0.717) is 6.04 Å². The number of hydrogen-bond donors (Lipinski definition) is 0. The largest absolute Gasteiger partial charge is 0.299 e. The van der Waals surface area contributed by atoms with Gasteiger partial charge in [0, 0.05) is 12.1 Å². The highest BCUT2D eigenvalue weighted by molar-refractivity contribution is 4.96. The highest BCUT2D eigenvalue weighted by Gasteiger charge is 2.31. The Hall–Kier alpha value is -0.550. The van der Waals surface area contributed by atoms with Crippen LogP contribution in [0.3, 0.4) is 0 Å². The van der Waals surface area contributed by atoms with Crippen LogP contribution in [0.15, 0.2) is 0 Å². The second kappa shape index (κ2) is 6.40. The van der Waals surface area contributed by atoms with Crippen LogP contribution in [0.25, 0.3) is 0 Å². The molecule has 2 aliphatic rings. The Morgan fingerprint density at radius 1 is 0.882 bits per heavy atom. The van der Waals surface area contributed by atoms with Crippen molar-refractivity contribution in [3.05, 3.63) is 0 Å². The van der Waals surface area contributed by atoms with Gasteiger partial charge in [0.25, 0.3) is 0 Å². The summed E-state index contributed by atoms with van der Waals surface area (Å²) in [7, 11) is 2.27. The quantitative estimate of drug-likeness (QED) is 0.681. The van der Waals surface area contributed by atoms with Crippen molar-refractivity contribution in [2.75, 3.05) is 7.05 Å². The highest BCUT2D eigenvalue weighted by Crippen LogP contribution is 2.31. The highest BCUT2D eigenvalue weighted by atomic mass is 15.2. The van der Waals surface area contributed by atoms with Gasteiger partial charge in [-0.15, -0.1) is 0 Å². The van der Waals surface area contributed by atoms with Crippen LogP contribution in [0.5, 0.6) is 0 Å². The SMILES string of the molecule is CN(C1CCCCCC1)C1CCCCC1C#N. The Morgan fingerprint density at radius 2 is 1.47 bits per heavy atom. The predicted octanol–water partition coefficient (Wildman–Crippen LogP) is 3.72. The minimum atomic E-state index is 0.289. The van der Waals surface area contributed by atoms with Crippen molar-refractivity contribution in [2.45, 2.75) is 76.3 Å². The van der Waals surface area contributed by atoms with E-state index in [2.05, 4.69) is 18.0 Å². The van der Waals surface area contributed by atoms with E-state index in [1.54, 1.807) is 0 Å². The minimum Gasteiger partial charge on any atom is -0.299 e. The summed E-state index contributed by atoms with van der Waals surface area (Å²) in [6.07, 6.45) is 13.2. The summed E-state index contributed by atoms with van der Waals surface area (Å²) in [4.78, 5) is 2.57. The zero-order valence-corrected chi connectivity index (χ0v) is 11.2. The van der Waals surface area contributed by atoms with E-state index in [4.69, 9.17) is 0 Å². The summed E-state index contributed by atoms with van der Waals surface area (Å²) in [5.74, 6) is 0.289. The normalized spacial score (nSPS) is 32.1. The molecule has 0 saturated heterocycles. The molecule has 2 aliphatic carbocycles. The molecule has 0 aromatic rings. The molecule has 0 radical (unpaired) electrons. The lowest BCUT2D eigenvalue weighted by atomic mass is 9.83. The molecule has 96 valence electrons. The lowest BCUT2D eigenvalue weighted by Gasteiger charge is -2.39. The molecule has 17 heavy (non-hydrogen) atoms. The Morgan fingerprint density at radius 3 is 2.12 bits per heavy atom. The summed E-state index contributed by atoms with van der Waals surface area (Å²) in [5, 5.41) is 9.29. The molecule has 0 aromatic heterocycles. The molecular weight excluding hydrogens is 208 g/mol. The maximum Gasteiger partial charge on any atom is 0.0672 e. The smallest absolute Gasteiger partial charge is 0.0672 e. The molecule has 0 N–H and O–H groups in total. The van der Waals surface area contributed by atoms with Gasteiger partial charge in [-0.1, -0.05) is 38.5 Å². The fourth-order valence-electron chi connectivity index (χ4n) is 3.69. The van der Waals surface area contributed by atoms with Crippen molar-refractivity contribution < 1.29 is 0 Å². The first-order chi connectivity index (χ1) is 8.33. The summed E-state index contributed by atoms with van der Waals surface area (Å²) in [6, 6.07) is 3.83. The lowest BCUT2D eigenvalue weighted by molar-refractivity contribution is 0.101. The second-order valence-corrected chi connectivity index (χ2v) is 5.90. The average Bonchev–Trinajstić information content (AvgIpc) is 2.66. The first-order valence-electron chi connectivity index (χ1n) is 7.44. The first-order valence-corrected chi connectivity index (χ1v) is 7.44. The second-order valence-electron chi connectivity index (χ2n) is 5.90. The van der Waals surface area contributed by atoms with E-state index in [0.717, 1.165) is 12.5 Å². The summed E-state index contributed by atoms with van der Waals surface area (Å²) in [6.45, 7) is 0. The number of rotatable bonds is 2. The van der Waals surface area contributed by atoms with Crippen LogP contribution in [-0.2, 0) is 0 Å². The molecule has 2 nitrogen and oxygen atoms in total. The first kappa shape index (κ1) is 12.9. The van der Waals surface area contributed by atoms with Gasteiger partial charge in [-0.25, -0.2) is 0 Å². The van der Waals surface area contributed by atoms with E-state index in [1.165, 1.54) is 57.8 Å². The van der Waals surface area contributed by atoms with Crippen molar-refractivity contribution in [3.63, 3.8) is 0 Å². The molecule has 0 spiro atoms. The van der Waals surface area contributed by atoms with Gasteiger partial charge in [0.05, 0.1) is 12.0 Å².